The second kappa shape index (κ2) is 6.41. The number of likely N-dealkylation sites (tertiary alicyclic amines) is 1. The lowest BCUT2D eigenvalue weighted by molar-refractivity contribution is -0.137. The number of esters is 1. The van der Waals surface area contributed by atoms with Crippen LogP contribution >= 0.6 is 0 Å². The molecule has 0 aliphatic carbocycles. The number of nitrogens with zero attached hydrogens (tertiary/aromatic N) is 1. The van der Waals surface area contributed by atoms with E-state index in [1.165, 1.54) is 6.08 Å². The van der Waals surface area contributed by atoms with Crippen molar-refractivity contribution in [3.8, 4) is 0 Å². The average molecular weight is 305 g/mol. The van der Waals surface area contributed by atoms with Gasteiger partial charge in [0.1, 0.15) is 5.60 Å². The fraction of sp³-hybridized carbons (Fsp3) is 0.714. The highest BCUT2D eigenvalue weighted by atomic mass is 19.3. The molecule has 1 amide bonds. The molecule has 5 nitrogen and oxygen atoms in total. The fourth-order valence-electron chi connectivity index (χ4n) is 1.92. The van der Waals surface area contributed by atoms with Crippen LogP contribution in [0.2, 0.25) is 0 Å². The minimum atomic E-state index is -3.00. The first-order valence-electron chi connectivity index (χ1n) is 6.76. The maximum atomic E-state index is 13.5. The van der Waals surface area contributed by atoms with Crippen molar-refractivity contribution in [2.24, 2.45) is 0 Å². The van der Waals surface area contributed by atoms with E-state index in [-0.39, 0.29) is 6.61 Å². The molecule has 120 valence electrons. The lowest BCUT2D eigenvalue weighted by Gasteiger charge is -2.26. The minimum absolute atomic E-state index is 0.194. The van der Waals surface area contributed by atoms with Crippen LogP contribution in [0.4, 0.5) is 13.6 Å². The SMILES string of the molecule is CCOC(=O)C=CC1CC(F)(F)CN1C(=O)OC(C)(C)C. The standard InChI is InChI=1S/C14H21F2NO4/c1-5-20-11(18)7-6-10-8-14(15,16)9-17(10)12(19)21-13(2,3)4/h6-7,10H,5,8-9H2,1-4H3. The first-order valence-corrected chi connectivity index (χ1v) is 6.76. The molecule has 0 aromatic heterocycles. The molecule has 0 bridgehead atoms. The lowest BCUT2D eigenvalue weighted by atomic mass is 10.2. The number of hydrogen-bond acceptors (Lipinski definition) is 4. The Hall–Kier alpha value is -1.66. The van der Waals surface area contributed by atoms with Gasteiger partial charge in [0.25, 0.3) is 5.92 Å². The van der Waals surface area contributed by atoms with E-state index in [0.29, 0.717) is 0 Å². The van der Waals surface area contributed by atoms with Crippen molar-refractivity contribution in [3.63, 3.8) is 0 Å². The van der Waals surface area contributed by atoms with E-state index in [4.69, 9.17) is 4.74 Å². The summed E-state index contributed by atoms with van der Waals surface area (Å²) in [4.78, 5) is 24.1. The number of alkyl halides is 2. The van der Waals surface area contributed by atoms with E-state index in [1.807, 2.05) is 0 Å². The van der Waals surface area contributed by atoms with E-state index >= 15 is 0 Å². The predicted molar refractivity (Wildman–Crippen MR) is 72.1 cm³/mol. The molecule has 1 unspecified atom stereocenters. The second-order valence-corrected chi connectivity index (χ2v) is 5.85. The van der Waals surface area contributed by atoms with Crippen molar-refractivity contribution < 1.29 is 27.8 Å². The zero-order valence-corrected chi connectivity index (χ0v) is 12.7. The molecule has 1 aliphatic heterocycles. The highest BCUT2D eigenvalue weighted by molar-refractivity contribution is 5.82. The number of halogens is 2. The first kappa shape index (κ1) is 17.4. The quantitative estimate of drug-likeness (QED) is 0.594. The van der Waals surface area contributed by atoms with Gasteiger partial charge >= 0.3 is 12.1 Å². The van der Waals surface area contributed by atoms with Gasteiger partial charge in [0, 0.05) is 12.5 Å². The number of carbonyl (C=O) groups excluding carboxylic acids is 2. The molecule has 1 rings (SSSR count). The van der Waals surface area contributed by atoms with Crippen molar-refractivity contribution in [1.82, 2.24) is 4.90 Å². The monoisotopic (exact) mass is 305 g/mol. The highest BCUT2D eigenvalue weighted by Crippen LogP contribution is 2.33. The normalized spacial score (nSPS) is 21.6. The first-order chi connectivity index (χ1) is 9.54. The number of hydrogen-bond donors (Lipinski definition) is 0. The molecule has 21 heavy (non-hydrogen) atoms. The van der Waals surface area contributed by atoms with Gasteiger partial charge in [0.2, 0.25) is 0 Å². The van der Waals surface area contributed by atoms with Crippen LogP contribution in [0.15, 0.2) is 12.2 Å². The molecular formula is C14H21F2NO4. The Labute approximate surface area is 122 Å². The summed E-state index contributed by atoms with van der Waals surface area (Å²) in [5, 5.41) is 0. The number of amides is 1. The minimum Gasteiger partial charge on any atom is -0.463 e. The van der Waals surface area contributed by atoms with E-state index < -0.39 is 42.6 Å². The van der Waals surface area contributed by atoms with Gasteiger partial charge in [-0.25, -0.2) is 18.4 Å². The molecule has 0 saturated carbocycles. The zero-order valence-electron chi connectivity index (χ0n) is 12.7. The summed E-state index contributed by atoms with van der Waals surface area (Å²) in [7, 11) is 0. The van der Waals surface area contributed by atoms with Crippen LogP contribution in [-0.4, -0.2) is 47.7 Å². The van der Waals surface area contributed by atoms with Crippen molar-refractivity contribution >= 4 is 12.1 Å². The van der Waals surface area contributed by atoms with Crippen LogP contribution in [-0.2, 0) is 14.3 Å². The van der Waals surface area contributed by atoms with E-state index in [9.17, 15) is 18.4 Å². The molecule has 1 atom stereocenters. The smallest absolute Gasteiger partial charge is 0.410 e. The van der Waals surface area contributed by atoms with Crippen LogP contribution < -0.4 is 0 Å². The molecule has 7 heteroatoms. The number of ether oxygens (including phenoxy) is 2. The average Bonchev–Trinajstić information content (AvgIpc) is 2.60. The van der Waals surface area contributed by atoms with Gasteiger partial charge in [0.15, 0.2) is 0 Å². The summed E-state index contributed by atoms with van der Waals surface area (Å²) in [5.74, 6) is -3.63. The van der Waals surface area contributed by atoms with Crippen LogP contribution in [0.25, 0.3) is 0 Å². The summed E-state index contributed by atoms with van der Waals surface area (Å²) in [5.41, 5.74) is -0.773. The van der Waals surface area contributed by atoms with Gasteiger partial charge in [-0.2, -0.15) is 0 Å². The number of carbonyl (C=O) groups is 2. The third-order valence-corrected chi connectivity index (χ3v) is 2.68. The Bertz CT molecular complexity index is 429. The maximum absolute atomic E-state index is 13.5. The molecular weight excluding hydrogens is 284 g/mol. The summed E-state index contributed by atoms with van der Waals surface area (Å²) in [6.07, 6.45) is 0.955. The second-order valence-electron chi connectivity index (χ2n) is 5.85. The Morgan fingerprint density at radius 3 is 2.52 bits per heavy atom. The van der Waals surface area contributed by atoms with Gasteiger partial charge in [-0.05, 0) is 27.7 Å². The highest BCUT2D eigenvalue weighted by Gasteiger charge is 2.47. The Balaban J connectivity index is 2.79. The van der Waals surface area contributed by atoms with Crippen LogP contribution in [0.3, 0.4) is 0 Å². The Kier molecular flexibility index (Phi) is 5.31. The van der Waals surface area contributed by atoms with E-state index in [1.54, 1.807) is 27.7 Å². The molecule has 1 saturated heterocycles. The van der Waals surface area contributed by atoms with Crippen molar-refractivity contribution in [3.05, 3.63) is 12.2 Å². The number of rotatable bonds is 3. The molecule has 0 radical (unpaired) electrons. The van der Waals surface area contributed by atoms with Crippen molar-refractivity contribution in [2.45, 2.75) is 51.7 Å². The molecule has 1 fully saturated rings. The molecule has 0 aromatic rings. The van der Waals surface area contributed by atoms with Crippen LogP contribution in [0.5, 0.6) is 0 Å². The summed E-state index contributed by atoms with van der Waals surface area (Å²) in [6, 6.07) is -0.890. The van der Waals surface area contributed by atoms with Gasteiger partial charge in [-0.15, -0.1) is 0 Å². The molecule has 1 aliphatic rings. The largest absolute Gasteiger partial charge is 0.463 e. The predicted octanol–water partition coefficient (Wildman–Crippen LogP) is 2.75. The Morgan fingerprint density at radius 2 is 2.00 bits per heavy atom. The maximum Gasteiger partial charge on any atom is 0.410 e. The summed E-state index contributed by atoms with van der Waals surface area (Å²) >= 11 is 0. The summed E-state index contributed by atoms with van der Waals surface area (Å²) in [6.45, 7) is 6.08. The van der Waals surface area contributed by atoms with Crippen LogP contribution in [0, 0.1) is 0 Å². The van der Waals surface area contributed by atoms with Crippen molar-refractivity contribution in [2.75, 3.05) is 13.2 Å². The lowest BCUT2D eigenvalue weighted by Crippen LogP contribution is -2.40. The van der Waals surface area contributed by atoms with E-state index in [0.717, 1.165) is 11.0 Å². The third kappa shape index (κ3) is 5.69. The summed E-state index contributed by atoms with van der Waals surface area (Å²) < 4.78 is 36.8. The van der Waals surface area contributed by atoms with Gasteiger partial charge < -0.3 is 9.47 Å². The topological polar surface area (TPSA) is 55.8 Å². The molecule has 0 spiro atoms. The molecule has 1 heterocycles. The fourth-order valence-corrected chi connectivity index (χ4v) is 1.92. The molecule has 0 aromatic carbocycles. The van der Waals surface area contributed by atoms with Gasteiger partial charge in [-0.3, -0.25) is 4.90 Å². The van der Waals surface area contributed by atoms with Crippen molar-refractivity contribution in [1.29, 1.82) is 0 Å². The van der Waals surface area contributed by atoms with Crippen LogP contribution in [0.1, 0.15) is 34.1 Å². The Morgan fingerprint density at radius 1 is 1.38 bits per heavy atom. The van der Waals surface area contributed by atoms with Gasteiger partial charge in [-0.1, -0.05) is 6.08 Å². The van der Waals surface area contributed by atoms with E-state index in [2.05, 4.69) is 4.74 Å². The molecule has 0 N–H and O–H groups in total. The van der Waals surface area contributed by atoms with Gasteiger partial charge in [0.05, 0.1) is 19.2 Å². The third-order valence-electron chi connectivity index (χ3n) is 2.68. The zero-order chi connectivity index (χ0) is 16.3.